The summed E-state index contributed by atoms with van der Waals surface area (Å²) >= 11 is 11.8. The lowest BCUT2D eigenvalue weighted by molar-refractivity contribution is -0.368. The molecule has 0 fully saturated rings. The van der Waals surface area contributed by atoms with Crippen molar-refractivity contribution < 1.29 is 11.5 Å². The van der Waals surface area contributed by atoms with Crippen LogP contribution in [-0.2, 0) is 13.1 Å². The zero-order valence-corrected chi connectivity index (χ0v) is 24.4. The molecule has 0 amide bonds. The third-order valence-electron chi connectivity index (χ3n) is 5.78. The van der Waals surface area contributed by atoms with Gasteiger partial charge in [0.15, 0.2) is 25.0 Å². The zero-order chi connectivity index (χ0) is 30.5. The standard InChI is InChI=1S/C28H34Cl2N12/c29-21-5-9-23(10-6-21)37-25(33)39-27(35)41(15-13-31)17-19-1-2-20(4-3-19)18-42(16-14-32)28(36)40-26(34)38-24-11-7-22(30)8-12-24/h1-12,31-32H,13-18H2,(H4,33,35,37,39)(H4,34,36,38,40)/q+2. The summed E-state index contributed by atoms with van der Waals surface area (Å²) in [7, 11) is 0. The average Bonchev–Trinajstić information content (AvgIpc) is 2.96. The SMILES string of the molecule is [NH+]CCN(Cc1ccc(CN(CC[NH+])/C(N)=N/C(N)=Nc2ccc(Cl)cc2)cc1)/C(N)=N/C(N)=Nc1ccc(Cl)cc1. The predicted molar refractivity (Wildman–Crippen MR) is 168 cm³/mol. The summed E-state index contributed by atoms with van der Waals surface area (Å²) in [4.78, 5) is 20.4. The monoisotopic (exact) mass is 608 g/mol. The van der Waals surface area contributed by atoms with Crippen LogP contribution in [0.25, 0.3) is 0 Å². The minimum atomic E-state index is -0.00673. The molecule has 0 saturated carbocycles. The van der Waals surface area contributed by atoms with E-state index >= 15 is 0 Å². The van der Waals surface area contributed by atoms with Crippen LogP contribution < -0.4 is 34.4 Å². The van der Waals surface area contributed by atoms with Crippen LogP contribution in [0.5, 0.6) is 0 Å². The maximum absolute atomic E-state index is 7.69. The molecule has 218 valence electrons. The molecule has 3 rings (SSSR count). The van der Waals surface area contributed by atoms with E-state index in [0.29, 0.717) is 47.6 Å². The molecule has 0 saturated heterocycles. The molecular weight excluding hydrogens is 575 g/mol. The van der Waals surface area contributed by atoms with Crippen molar-refractivity contribution >= 4 is 58.4 Å². The number of guanidine groups is 4. The van der Waals surface area contributed by atoms with Crippen molar-refractivity contribution in [2.45, 2.75) is 13.1 Å². The second kappa shape index (κ2) is 16.2. The normalized spacial score (nSPS) is 12.9. The Kier molecular flexibility index (Phi) is 12.4. The number of benzene rings is 3. The van der Waals surface area contributed by atoms with Gasteiger partial charge in [0.05, 0.1) is 24.5 Å². The Morgan fingerprint density at radius 3 is 1.21 bits per heavy atom. The topological polar surface area (TPSA) is 208 Å². The number of nitrogens with zero attached hydrogens (tertiary/aromatic N) is 6. The van der Waals surface area contributed by atoms with Gasteiger partial charge >= 0.3 is 0 Å². The molecule has 3 aromatic carbocycles. The van der Waals surface area contributed by atoms with Gasteiger partial charge in [-0.2, -0.15) is 9.98 Å². The molecule has 0 atom stereocenters. The Bertz CT molecular complexity index is 1290. The lowest BCUT2D eigenvalue weighted by Gasteiger charge is -2.23. The third-order valence-corrected chi connectivity index (χ3v) is 6.28. The van der Waals surface area contributed by atoms with Crippen LogP contribution >= 0.6 is 23.2 Å². The fourth-order valence-electron chi connectivity index (χ4n) is 3.73. The number of nitrogens with one attached hydrogen (secondary N) is 2. The molecule has 0 heterocycles. The van der Waals surface area contributed by atoms with Gasteiger partial charge in [0, 0.05) is 34.6 Å². The molecule has 0 aliphatic heterocycles. The fraction of sp³-hybridized carbons (Fsp3) is 0.214. The first-order chi connectivity index (χ1) is 20.2. The molecule has 0 aliphatic rings. The summed E-state index contributed by atoms with van der Waals surface area (Å²) < 4.78 is 0. The lowest BCUT2D eigenvalue weighted by Crippen LogP contribution is -2.56. The quantitative estimate of drug-likeness (QED) is 0.186. The van der Waals surface area contributed by atoms with Crippen molar-refractivity contribution in [2.24, 2.45) is 42.9 Å². The Balaban J connectivity index is 1.68. The summed E-state index contributed by atoms with van der Waals surface area (Å²) in [6.45, 7) is 1.78. The summed E-state index contributed by atoms with van der Waals surface area (Å²) in [5, 5.41) is 1.18. The molecule has 10 N–H and O–H groups in total. The summed E-state index contributed by atoms with van der Waals surface area (Å²) in [5.74, 6) is 0.301. The summed E-state index contributed by atoms with van der Waals surface area (Å²) in [6.07, 6.45) is 0. The third kappa shape index (κ3) is 10.6. The highest BCUT2D eigenvalue weighted by Crippen LogP contribution is 2.17. The van der Waals surface area contributed by atoms with E-state index < -0.39 is 0 Å². The zero-order valence-electron chi connectivity index (χ0n) is 22.9. The van der Waals surface area contributed by atoms with E-state index in [9.17, 15) is 0 Å². The van der Waals surface area contributed by atoms with Crippen molar-refractivity contribution in [3.63, 3.8) is 0 Å². The summed E-state index contributed by atoms with van der Waals surface area (Å²) in [5.41, 5.74) is 42.9. The minimum Gasteiger partial charge on any atom is -0.369 e. The highest BCUT2D eigenvalue weighted by atomic mass is 35.5. The number of hydrogen-bond acceptors (Lipinski definition) is 2. The Hall–Kier alpha value is -4.36. The van der Waals surface area contributed by atoms with Crippen LogP contribution in [0.3, 0.4) is 0 Å². The Morgan fingerprint density at radius 2 is 0.905 bits per heavy atom. The van der Waals surface area contributed by atoms with Crippen molar-refractivity contribution in [3.8, 4) is 0 Å². The summed E-state index contributed by atoms with van der Waals surface area (Å²) in [6, 6.07) is 21.5. The second-order valence-corrected chi connectivity index (χ2v) is 9.87. The molecule has 0 aromatic heterocycles. The van der Waals surface area contributed by atoms with E-state index in [1.807, 2.05) is 24.3 Å². The second-order valence-electron chi connectivity index (χ2n) is 8.99. The Labute approximate surface area is 255 Å². The van der Waals surface area contributed by atoms with Crippen LogP contribution in [0.15, 0.2) is 92.8 Å². The van der Waals surface area contributed by atoms with Gasteiger partial charge < -0.3 is 32.7 Å². The molecule has 14 heteroatoms. The van der Waals surface area contributed by atoms with Crippen LogP contribution in [0.2, 0.25) is 10.0 Å². The molecular formula is C28H34Cl2N12+2. The first-order valence-electron chi connectivity index (χ1n) is 12.9. The van der Waals surface area contributed by atoms with Gasteiger partial charge in [0.2, 0.25) is 11.9 Å². The molecule has 0 bridgehead atoms. The molecule has 3 aromatic rings. The van der Waals surface area contributed by atoms with Crippen LogP contribution in [0.4, 0.5) is 11.4 Å². The van der Waals surface area contributed by atoms with E-state index in [1.54, 1.807) is 58.3 Å². The largest absolute Gasteiger partial charge is 0.369 e. The van der Waals surface area contributed by atoms with E-state index in [-0.39, 0.29) is 36.9 Å². The number of aliphatic imine (C=N–C) groups is 4. The van der Waals surface area contributed by atoms with Crippen molar-refractivity contribution in [1.82, 2.24) is 9.80 Å². The highest BCUT2D eigenvalue weighted by molar-refractivity contribution is 6.30. The van der Waals surface area contributed by atoms with Gasteiger partial charge in [0.25, 0.3) is 0 Å². The first-order valence-corrected chi connectivity index (χ1v) is 13.7. The van der Waals surface area contributed by atoms with Gasteiger partial charge in [-0.05, 0) is 59.7 Å². The van der Waals surface area contributed by atoms with Crippen LogP contribution in [0, 0.1) is 0 Å². The van der Waals surface area contributed by atoms with E-state index in [0.717, 1.165) is 11.1 Å². The Morgan fingerprint density at radius 1 is 0.571 bits per heavy atom. The number of nitrogens with two attached hydrogens (primary N) is 4. The maximum atomic E-state index is 7.69. The first kappa shape index (κ1) is 32.2. The van der Waals surface area contributed by atoms with Gasteiger partial charge in [0.1, 0.15) is 0 Å². The number of rotatable bonds is 10. The lowest BCUT2D eigenvalue weighted by atomic mass is 10.1. The van der Waals surface area contributed by atoms with E-state index in [2.05, 4.69) is 20.0 Å². The number of halogens is 2. The minimum absolute atomic E-state index is 0.00673. The smallest absolute Gasteiger partial charge is 0.223 e. The predicted octanol–water partition coefficient (Wildman–Crippen LogP) is 0.147. The van der Waals surface area contributed by atoms with Crippen LogP contribution in [0.1, 0.15) is 11.1 Å². The highest BCUT2D eigenvalue weighted by Gasteiger charge is 2.14. The molecule has 0 unspecified atom stereocenters. The van der Waals surface area contributed by atoms with Gasteiger partial charge in [-0.3, -0.25) is 0 Å². The molecule has 0 spiro atoms. The van der Waals surface area contributed by atoms with Crippen molar-refractivity contribution in [1.29, 1.82) is 0 Å². The van der Waals surface area contributed by atoms with Gasteiger partial charge in [-0.25, -0.2) is 9.98 Å². The fourth-order valence-corrected chi connectivity index (χ4v) is 3.98. The van der Waals surface area contributed by atoms with Crippen molar-refractivity contribution in [2.75, 3.05) is 26.2 Å². The average molecular weight is 610 g/mol. The molecule has 12 nitrogen and oxygen atoms in total. The molecule has 42 heavy (non-hydrogen) atoms. The van der Waals surface area contributed by atoms with E-state index in [4.69, 9.17) is 57.6 Å². The van der Waals surface area contributed by atoms with Crippen molar-refractivity contribution in [3.05, 3.63) is 94.0 Å². The number of hydrogen-bond donors (Lipinski definition) is 4. The maximum Gasteiger partial charge on any atom is 0.223 e. The van der Waals surface area contributed by atoms with Crippen LogP contribution in [-0.4, -0.2) is 59.8 Å². The molecule has 4 radical (unpaired) electrons. The van der Waals surface area contributed by atoms with Gasteiger partial charge in [-0.15, -0.1) is 0 Å². The van der Waals surface area contributed by atoms with Gasteiger partial charge in [-0.1, -0.05) is 47.5 Å². The molecule has 0 aliphatic carbocycles. The van der Waals surface area contributed by atoms with E-state index in [1.165, 1.54) is 0 Å².